The predicted octanol–water partition coefficient (Wildman–Crippen LogP) is 4.65. The van der Waals surface area contributed by atoms with Crippen molar-refractivity contribution < 1.29 is 38.9 Å². The second-order valence-electron chi connectivity index (χ2n) is 19.6. The summed E-state index contributed by atoms with van der Waals surface area (Å²) in [6.45, 7) is 16.7. The van der Waals surface area contributed by atoms with Gasteiger partial charge in [0.15, 0.2) is 11.3 Å². The second-order valence-corrected chi connectivity index (χ2v) is 19.6. The Morgan fingerprint density at radius 1 is 0.643 bits per heavy atom. The highest BCUT2D eigenvalue weighted by Gasteiger charge is 2.37. The molecule has 4 amide bonds. The summed E-state index contributed by atoms with van der Waals surface area (Å²) in [7, 11) is 0. The minimum Gasteiger partial charge on any atom is -0.390 e. The maximum Gasteiger partial charge on any atom is 0.261 e. The third-order valence-corrected chi connectivity index (χ3v) is 13.0. The molecule has 2 aromatic carbocycles. The molecule has 0 unspecified atom stereocenters. The van der Waals surface area contributed by atoms with Crippen LogP contribution in [0.25, 0.3) is 11.3 Å². The molecule has 2 atom stereocenters. The Kier molecular flexibility index (Phi) is 13.3. The standard InChI is InChI=1S/2C25H30N6O4/c2*1-16(13-25(2,3)34)30-15-17-11-20(21(12-18(17)24(30)33)29-7-9-35-10-8-29)28-23(32)19-14-27-31-6-4-5-26-22(19)31/h2*4-6,11-12,14,16,34H,7-10,13,15H2,1-3H3,(H,28,32)/t2*16-/m10/s1. The van der Waals surface area contributed by atoms with Gasteiger partial charge in [-0.25, -0.2) is 19.0 Å². The van der Waals surface area contributed by atoms with E-state index < -0.39 is 11.2 Å². The Hall–Kier alpha value is -7.00. The van der Waals surface area contributed by atoms with Crippen molar-refractivity contribution >= 4 is 57.7 Å². The number of ether oxygens (including phenoxy) is 2. The lowest BCUT2D eigenvalue weighted by atomic mass is 9.99. The number of hydrogen-bond donors (Lipinski definition) is 4. The first-order valence-electron chi connectivity index (χ1n) is 23.7. The molecule has 70 heavy (non-hydrogen) atoms. The van der Waals surface area contributed by atoms with Gasteiger partial charge in [0.25, 0.3) is 23.6 Å². The number of carbonyl (C=O) groups excluding carboxylic acids is 4. The van der Waals surface area contributed by atoms with Gasteiger partial charge in [-0.1, -0.05) is 0 Å². The minimum atomic E-state index is -0.880. The van der Waals surface area contributed by atoms with Crippen molar-refractivity contribution in [3.05, 3.63) is 107 Å². The van der Waals surface area contributed by atoms with Crippen LogP contribution in [0.4, 0.5) is 22.7 Å². The molecule has 368 valence electrons. The van der Waals surface area contributed by atoms with Crippen LogP contribution < -0.4 is 20.4 Å². The number of aromatic nitrogens is 6. The summed E-state index contributed by atoms with van der Waals surface area (Å²) in [5.41, 5.74) is 5.73. The van der Waals surface area contributed by atoms with Crippen molar-refractivity contribution in [3.63, 3.8) is 0 Å². The largest absolute Gasteiger partial charge is 0.390 e. The predicted molar refractivity (Wildman–Crippen MR) is 261 cm³/mol. The first-order chi connectivity index (χ1) is 33.4. The van der Waals surface area contributed by atoms with Gasteiger partial charge >= 0.3 is 0 Å². The highest BCUT2D eigenvalue weighted by molar-refractivity contribution is 6.11. The van der Waals surface area contributed by atoms with Gasteiger partial charge in [-0.3, -0.25) is 19.2 Å². The number of fused-ring (bicyclic) bond motifs is 4. The maximum absolute atomic E-state index is 13.3. The number of nitrogens with zero attached hydrogens (tertiary/aromatic N) is 10. The molecular formula is C50H60N12O8. The van der Waals surface area contributed by atoms with Crippen LogP contribution in [0.3, 0.4) is 0 Å². The van der Waals surface area contributed by atoms with Crippen LogP contribution in [0.1, 0.15) is 107 Å². The van der Waals surface area contributed by atoms with Crippen molar-refractivity contribution in [1.82, 2.24) is 39.0 Å². The van der Waals surface area contributed by atoms with Gasteiger partial charge in [-0.15, -0.1) is 0 Å². The molecule has 4 aliphatic rings. The van der Waals surface area contributed by atoms with E-state index in [4.69, 9.17) is 9.47 Å². The summed E-state index contributed by atoms with van der Waals surface area (Å²) in [6, 6.07) is 10.8. The van der Waals surface area contributed by atoms with E-state index in [1.165, 1.54) is 12.4 Å². The fourth-order valence-corrected chi connectivity index (χ4v) is 9.81. The number of amides is 4. The zero-order valence-corrected chi connectivity index (χ0v) is 40.4. The third-order valence-electron chi connectivity index (χ3n) is 13.0. The van der Waals surface area contributed by atoms with Crippen molar-refractivity contribution in [2.45, 2.75) is 90.8 Å². The Bertz CT molecular complexity index is 2750. The number of nitrogens with one attached hydrogen (secondary N) is 2. The monoisotopic (exact) mass is 956 g/mol. The van der Waals surface area contributed by atoms with Crippen molar-refractivity contribution in [2.24, 2.45) is 0 Å². The van der Waals surface area contributed by atoms with Crippen LogP contribution in [-0.2, 0) is 22.6 Å². The summed E-state index contributed by atoms with van der Waals surface area (Å²) in [5.74, 6) is -0.749. The number of carbonyl (C=O) groups is 4. The van der Waals surface area contributed by atoms with E-state index in [9.17, 15) is 29.4 Å². The van der Waals surface area contributed by atoms with E-state index in [0.717, 1.165) is 22.5 Å². The fraction of sp³-hybridized carbons (Fsp3) is 0.440. The zero-order valence-electron chi connectivity index (χ0n) is 40.4. The molecule has 0 bridgehead atoms. The lowest BCUT2D eigenvalue weighted by Gasteiger charge is -2.31. The molecule has 20 nitrogen and oxygen atoms in total. The molecule has 2 fully saturated rings. The minimum absolute atomic E-state index is 0.0593. The maximum atomic E-state index is 13.3. The smallest absolute Gasteiger partial charge is 0.261 e. The Labute approximate surface area is 405 Å². The molecule has 0 spiro atoms. The molecule has 4 N–H and O–H groups in total. The van der Waals surface area contributed by atoms with Crippen molar-refractivity contribution in [3.8, 4) is 0 Å². The van der Waals surface area contributed by atoms with Crippen LogP contribution in [0.5, 0.6) is 0 Å². The third kappa shape index (κ3) is 10.2. The van der Waals surface area contributed by atoms with Gasteiger partial charge in [0, 0.05) is 87.3 Å². The number of morpholine rings is 2. The Balaban J connectivity index is 0.000000174. The molecular weight excluding hydrogens is 897 g/mol. The van der Waals surface area contributed by atoms with Gasteiger partial charge in [0.1, 0.15) is 11.1 Å². The zero-order chi connectivity index (χ0) is 49.5. The van der Waals surface area contributed by atoms with Crippen LogP contribution in [0.2, 0.25) is 0 Å². The van der Waals surface area contributed by atoms with E-state index in [-0.39, 0.29) is 35.7 Å². The lowest BCUT2D eigenvalue weighted by molar-refractivity contribution is 0.0331. The summed E-state index contributed by atoms with van der Waals surface area (Å²) in [4.78, 5) is 69.6. The lowest BCUT2D eigenvalue weighted by Crippen LogP contribution is -2.38. The van der Waals surface area contributed by atoms with E-state index in [1.54, 1.807) is 83.4 Å². The number of rotatable bonds is 12. The average Bonchev–Trinajstić information content (AvgIpc) is 4.11. The van der Waals surface area contributed by atoms with Crippen molar-refractivity contribution in [2.75, 3.05) is 73.0 Å². The molecule has 2 saturated heterocycles. The van der Waals surface area contributed by atoms with E-state index in [2.05, 4.69) is 40.6 Å². The number of hydrogen-bond acceptors (Lipinski definition) is 14. The van der Waals surface area contributed by atoms with Gasteiger partial charge in [0.05, 0.1) is 72.8 Å². The Morgan fingerprint density at radius 3 is 1.40 bits per heavy atom. The topological polar surface area (TPSA) is 225 Å². The fourth-order valence-electron chi connectivity index (χ4n) is 9.81. The average molecular weight is 957 g/mol. The SMILES string of the molecule is C[C@@H](CC(C)(C)O)N1Cc2cc(NC(=O)c3cnn4cccnc34)c(N3CCOCC3)cc2C1=O.C[C@H](CC(C)(C)O)N1Cc2cc(NC(=O)c3cnn4cccnc34)c(N3CCOCC3)cc2C1=O. The van der Waals surface area contributed by atoms with Gasteiger partial charge in [0.2, 0.25) is 0 Å². The first kappa shape index (κ1) is 48.0. The molecule has 6 aromatic rings. The molecule has 10 rings (SSSR count). The molecule has 4 aromatic heterocycles. The summed E-state index contributed by atoms with van der Waals surface area (Å²) < 4.78 is 14.1. The normalized spacial score (nSPS) is 17.1. The Morgan fingerprint density at radius 2 is 1.03 bits per heavy atom. The second kappa shape index (κ2) is 19.4. The van der Waals surface area contributed by atoms with Gasteiger partial charge in [-0.2, -0.15) is 10.2 Å². The molecule has 0 radical (unpaired) electrons. The quantitative estimate of drug-likeness (QED) is 0.131. The van der Waals surface area contributed by atoms with Crippen LogP contribution >= 0.6 is 0 Å². The van der Waals surface area contributed by atoms with Crippen LogP contribution in [0.15, 0.2) is 73.6 Å². The highest BCUT2D eigenvalue weighted by Crippen LogP contribution is 2.38. The van der Waals surface area contributed by atoms with Crippen LogP contribution in [0, 0.1) is 0 Å². The van der Waals surface area contributed by atoms with E-state index >= 15 is 0 Å². The van der Waals surface area contributed by atoms with Gasteiger partial charge < -0.3 is 49.9 Å². The molecule has 8 heterocycles. The molecule has 4 aliphatic heterocycles. The molecule has 0 saturated carbocycles. The van der Waals surface area contributed by atoms with Crippen LogP contribution in [-0.4, -0.2) is 149 Å². The first-order valence-corrected chi connectivity index (χ1v) is 23.7. The number of aliphatic hydroxyl groups is 2. The summed E-state index contributed by atoms with van der Waals surface area (Å²) in [5, 5.41) is 35.0. The molecule has 20 heteroatoms. The molecule has 0 aliphatic carbocycles. The van der Waals surface area contributed by atoms with E-state index in [1.807, 2.05) is 38.1 Å². The summed E-state index contributed by atoms with van der Waals surface area (Å²) >= 11 is 0. The number of anilines is 4. The highest BCUT2D eigenvalue weighted by atomic mass is 16.5. The number of benzene rings is 2. The van der Waals surface area contributed by atoms with Crippen molar-refractivity contribution in [1.29, 1.82) is 0 Å². The van der Waals surface area contributed by atoms with Gasteiger partial charge in [-0.05, 0) is 102 Å². The summed E-state index contributed by atoms with van der Waals surface area (Å²) in [6.07, 6.45) is 10.7. The van der Waals surface area contributed by atoms with E-state index in [0.29, 0.717) is 123 Å².